The van der Waals surface area contributed by atoms with Gasteiger partial charge in [-0.15, -0.1) is 0 Å². The minimum atomic E-state index is -4.64. The topological polar surface area (TPSA) is 174 Å². The molecule has 0 aromatic heterocycles. The fraction of sp³-hybridized carbons (Fsp3) is 0.0769. The molecule has 0 atom stereocenters. The predicted octanol–water partition coefficient (Wildman–Crippen LogP) is 9.07. The summed E-state index contributed by atoms with van der Waals surface area (Å²) >= 11 is 0. The van der Waals surface area contributed by atoms with Crippen LogP contribution in [0.5, 0.6) is 23.0 Å². The Hall–Kier alpha value is -4.86. The maximum atomic E-state index is 8.88. The second-order valence-electron chi connectivity index (χ2n) is 11.6. The number of hydrogen-bond donors (Lipinski definition) is 6. The number of benzene rings is 6. The van der Waals surface area contributed by atoms with Crippen LogP contribution in [0.4, 0.5) is 0 Å². The SMILES string of the molecule is CC(C)(c1ccc(Oc2ccccc2)cc1)c1ccc(Oc2ccccc2)c(-c2ccccc2)c1-c1ccccc1.O=P(O)(O)O.O=P(O)(O)O. The highest BCUT2D eigenvalue weighted by atomic mass is 31.2. The maximum absolute atomic E-state index is 8.88. The van der Waals surface area contributed by atoms with Crippen molar-refractivity contribution in [2.24, 2.45) is 0 Å². The molecule has 0 saturated carbocycles. The molecule has 264 valence electrons. The Morgan fingerprint density at radius 1 is 0.431 bits per heavy atom. The standard InChI is InChI=1S/C39H32O2.2H3O4P/c1-39(2,31-23-25-34(26-24-31)40-32-19-11-5-12-20-32)35-27-28-36(41-33-21-13-6-14-22-33)38(30-17-9-4-10-18-30)37(35)29-15-7-3-8-16-29;2*1-5(2,3)4/h3-28H,1-2H3;2*(H3,1,2,3,4). The molecule has 0 spiro atoms. The van der Waals surface area contributed by atoms with Crippen LogP contribution >= 0.6 is 15.6 Å². The molecule has 6 aromatic carbocycles. The van der Waals surface area contributed by atoms with Crippen LogP contribution in [0.15, 0.2) is 158 Å². The Bertz CT molecular complexity index is 2030. The van der Waals surface area contributed by atoms with E-state index in [9.17, 15) is 0 Å². The summed E-state index contributed by atoms with van der Waals surface area (Å²) in [6.45, 7) is 4.57. The fourth-order valence-electron chi connectivity index (χ4n) is 5.32. The van der Waals surface area contributed by atoms with E-state index in [-0.39, 0.29) is 5.41 Å². The van der Waals surface area contributed by atoms with E-state index >= 15 is 0 Å². The van der Waals surface area contributed by atoms with Crippen LogP contribution in [0.25, 0.3) is 22.3 Å². The minimum absolute atomic E-state index is 0.314. The molecule has 6 N–H and O–H groups in total. The van der Waals surface area contributed by atoms with Crippen molar-refractivity contribution in [2.75, 3.05) is 0 Å². The summed E-state index contributed by atoms with van der Waals surface area (Å²) in [5.74, 6) is 3.28. The maximum Gasteiger partial charge on any atom is 0.466 e. The van der Waals surface area contributed by atoms with E-state index in [2.05, 4.69) is 111 Å². The lowest BCUT2D eigenvalue weighted by Crippen LogP contribution is -2.20. The largest absolute Gasteiger partial charge is 0.466 e. The zero-order valence-corrected chi connectivity index (χ0v) is 29.5. The lowest BCUT2D eigenvalue weighted by atomic mass is 9.73. The van der Waals surface area contributed by atoms with E-state index in [1.165, 1.54) is 16.7 Å². The van der Waals surface area contributed by atoms with Crippen molar-refractivity contribution < 1.29 is 48.0 Å². The predicted molar refractivity (Wildman–Crippen MR) is 197 cm³/mol. The van der Waals surface area contributed by atoms with E-state index < -0.39 is 15.6 Å². The number of para-hydroxylation sites is 2. The second-order valence-corrected chi connectivity index (χ2v) is 13.7. The van der Waals surface area contributed by atoms with Gasteiger partial charge in [0.1, 0.15) is 23.0 Å². The molecular weight excluding hydrogens is 690 g/mol. The first-order valence-corrected chi connectivity index (χ1v) is 18.6. The van der Waals surface area contributed by atoms with Crippen molar-refractivity contribution in [1.82, 2.24) is 0 Å². The van der Waals surface area contributed by atoms with Crippen molar-refractivity contribution in [3.63, 3.8) is 0 Å². The van der Waals surface area contributed by atoms with Crippen LogP contribution in [0.2, 0.25) is 0 Å². The third-order valence-corrected chi connectivity index (χ3v) is 7.49. The van der Waals surface area contributed by atoms with Gasteiger partial charge in [-0.2, -0.15) is 0 Å². The van der Waals surface area contributed by atoms with E-state index in [0.717, 1.165) is 39.7 Å². The van der Waals surface area contributed by atoms with Crippen LogP contribution in [0, 0.1) is 0 Å². The van der Waals surface area contributed by atoms with Gasteiger partial charge in [-0.3, -0.25) is 0 Å². The van der Waals surface area contributed by atoms with Gasteiger partial charge in [-0.1, -0.05) is 129 Å². The highest BCUT2D eigenvalue weighted by Gasteiger charge is 2.30. The summed E-state index contributed by atoms with van der Waals surface area (Å²) in [4.78, 5) is 43.1. The van der Waals surface area contributed by atoms with Crippen LogP contribution in [-0.2, 0) is 14.5 Å². The number of phosphoric acid groups is 2. The summed E-state index contributed by atoms with van der Waals surface area (Å²) in [7, 11) is -9.28. The normalized spacial score (nSPS) is 11.3. The summed E-state index contributed by atoms with van der Waals surface area (Å²) < 4.78 is 30.4. The van der Waals surface area contributed by atoms with E-state index in [1.54, 1.807) is 0 Å². The molecule has 0 amide bonds. The Morgan fingerprint density at radius 2 is 0.784 bits per heavy atom. The Kier molecular flexibility index (Phi) is 13.3. The van der Waals surface area contributed by atoms with E-state index in [0.29, 0.717) is 0 Å². The van der Waals surface area contributed by atoms with Crippen LogP contribution in [0.1, 0.15) is 25.0 Å². The molecule has 0 saturated heterocycles. The molecule has 0 unspecified atom stereocenters. The van der Waals surface area contributed by atoms with Crippen molar-refractivity contribution in [2.45, 2.75) is 19.3 Å². The van der Waals surface area contributed by atoms with Crippen molar-refractivity contribution in [3.8, 4) is 45.3 Å². The number of hydrogen-bond acceptors (Lipinski definition) is 4. The Labute approximate surface area is 296 Å². The fourth-order valence-corrected chi connectivity index (χ4v) is 5.32. The molecule has 0 aliphatic heterocycles. The van der Waals surface area contributed by atoms with Gasteiger partial charge < -0.3 is 38.8 Å². The van der Waals surface area contributed by atoms with Gasteiger partial charge in [0.15, 0.2) is 0 Å². The third kappa shape index (κ3) is 12.5. The first kappa shape index (κ1) is 38.9. The molecule has 0 radical (unpaired) electrons. The van der Waals surface area contributed by atoms with Gasteiger partial charge in [-0.05, 0) is 70.3 Å². The summed E-state index contributed by atoms with van der Waals surface area (Å²) in [5.41, 5.74) is 6.62. The molecule has 10 nitrogen and oxygen atoms in total. The Balaban J connectivity index is 0.000000516. The molecule has 51 heavy (non-hydrogen) atoms. The van der Waals surface area contributed by atoms with E-state index in [4.69, 9.17) is 48.0 Å². The first-order chi connectivity index (χ1) is 24.1. The van der Waals surface area contributed by atoms with Crippen molar-refractivity contribution in [3.05, 3.63) is 169 Å². The lowest BCUT2D eigenvalue weighted by Gasteiger charge is -2.31. The summed E-state index contributed by atoms with van der Waals surface area (Å²) in [6, 6.07) is 53.8. The number of ether oxygens (including phenoxy) is 2. The van der Waals surface area contributed by atoms with Crippen molar-refractivity contribution >= 4 is 15.6 Å². The quantitative estimate of drug-likeness (QED) is 0.0830. The van der Waals surface area contributed by atoms with E-state index in [1.807, 2.05) is 60.7 Å². The van der Waals surface area contributed by atoms with Gasteiger partial charge in [-0.25, -0.2) is 9.13 Å². The zero-order valence-electron chi connectivity index (χ0n) is 27.7. The lowest BCUT2D eigenvalue weighted by molar-refractivity contribution is 0.272. The molecule has 0 heterocycles. The van der Waals surface area contributed by atoms with Crippen LogP contribution < -0.4 is 9.47 Å². The minimum Gasteiger partial charge on any atom is -0.457 e. The molecule has 0 fully saturated rings. The second kappa shape index (κ2) is 17.4. The molecule has 0 bridgehead atoms. The van der Waals surface area contributed by atoms with Gasteiger partial charge in [0.2, 0.25) is 0 Å². The highest BCUT2D eigenvalue weighted by Crippen LogP contribution is 2.48. The molecule has 12 heteroatoms. The molecule has 0 aliphatic rings. The summed E-state index contributed by atoms with van der Waals surface area (Å²) in [5, 5.41) is 0. The van der Waals surface area contributed by atoms with Gasteiger partial charge in [0.25, 0.3) is 0 Å². The monoisotopic (exact) mass is 728 g/mol. The Morgan fingerprint density at radius 3 is 1.22 bits per heavy atom. The van der Waals surface area contributed by atoms with Crippen LogP contribution in [0.3, 0.4) is 0 Å². The highest BCUT2D eigenvalue weighted by molar-refractivity contribution is 7.45. The third-order valence-electron chi connectivity index (χ3n) is 7.49. The first-order valence-electron chi connectivity index (χ1n) is 15.5. The van der Waals surface area contributed by atoms with Gasteiger partial charge in [0, 0.05) is 11.0 Å². The molecule has 6 aromatic rings. The van der Waals surface area contributed by atoms with Crippen LogP contribution in [-0.4, -0.2) is 29.4 Å². The average molecular weight is 729 g/mol. The molecular formula is C39H38O10P2. The number of rotatable bonds is 8. The van der Waals surface area contributed by atoms with Gasteiger partial charge >= 0.3 is 15.6 Å². The summed E-state index contributed by atoms with van der Waals surface area (Å²) in [6.07, 6.45) is 0. The van der Waals surface area contributed by atoms with Crippen molar-refractivity contribution in [1.29, 1.82) is 0 Å². The average Bonchev–Trinajstić information content (AvgIpc) is 3.08. The van der Waals surface area contributed by atoms with Gasteiger partial charge in [0.05, 0.1) is 0 Å². The smallest absolute Gasteiger partial charge is 0.457 e. The zero-order chi connectivity index (χ0) is 37.1. The molecule has 0 aliphatic carbocycles. The molecule has 6 rings (SSSR count).